The van der Waals surface area contributed by atoms with Gasteiger partial charge in [-0.2, -0.15) is 0 Å². The van der Waals surface area contributed by atoms with Crippen LogP contribution >= 0.6 is 11.6 Å². The molecule has 0 N–H and O–H groups in total. The fourth-order valence-electron chi connectivity index (χ4n) is 1.61. The minimum absolute atomic E-state index is 0.460. The van der Waals surface area contributed by atoms with Gasteiger partial charge in [0.25, 0.3) is 0 Å². The largest absolute Gasteiger partial charge is 0.494 e. The van der Waals surface area contributed by atoms with Crippen LogP contribution < -0.4 is 4.74 Å². The first-order valence-corrected chi connectivity index (χ1v) is 6.45. The first kappa shape index (κ1) is 13.4. The van der Waals surface area contributed by atoms with Gasteiger partial charge < -0.3 is 4.74 Å². The average Bonchev–Trinajstić information content (AvgIpc) is 2.24. The normalized spacial score (nSPS) is 10.8. The van der Waals surface area contributed by atoms with Gasteiger partial charge in [-0.3, -0.25) is 0 Å². The van der Waals surface area contributed by atoms with Crippen molar-refractivity contribution < 1.29 is 4.74 Å². The number of ether oxygens (including phenoxy) is 1. The van der Waals surface area contributed by atoms with E-state index in [0.717, 1.165) is 23.8 Å². The molecule has 0 spiro atoms. The molecule has 0 saturated carbocycles. The molecule has 1 aromatic carbocycles. The number of rotatable bonds is 6. The molecule has 16 heavy (non-hydrogen) atoms. The Labute approximate surface area is 104 Å². The molecule has 0 aliphatic heterocycles. The van der Waals surface area contributed by atoms with Crippen molar-refractivity contribution in [1.82, 2.24) is 0 Å². The Morgan fingerprint density at radius 3 is 2.56 bits per heavy atom. The van der Waals surface area contributed by atoms with Crippen LogP contribution in [0.2, 0.25) is 5.02 Å². The molecular weight excluding hydrogens is 220 g/mol. The van der Waals surface area contributed by atoms with E-state index in [0.29, 0.717) is 5.92 Å². The Bertz CT molecular complexity index is 321. The Morgan fingerprint density at radius 2 is 2.00 bits per heavy atom. The van der Waals surface area contributed by atoms with Gasteiger partial charge in [0, 0.05) is 5.02 Å². The summed E-state index contributed by atoms with van der Waals surface area (Å²) >= 11 is 6.18. The monoisotopic (exact) mass is 240 g/mol. The smallest absolute Gasteiger partial charge is 0.120 e. The van der Waals surface area contributed by atoms with Crippen LogP contribution in [0.1, 0.15) is 51.5 Å². The molecule has 0 aromatic heterocycles. The van der Waals surface area contributed by atoms with Crippen LogP contribution in [0.15, 0.2) is 18.2 Å². The zero-order chi connectivity index (χ0) is 12.0. The molecule has 0 heterocycles. The first-order chi connectivity index (χ1) is 7.65. The van der Waals surface area contributed by atoms with Crippen molar-refractivity contribution in [2.24, 2.45) is 0 Å². The Balaban J connectivity index is 2.53. The van der Waals surface area contributed by atoms with Crippen molar-refractivity contribution in [3.05, 3.63) is 28.8 Å². The Morgan fingerprint density at radius 1 is 1.25 bits per heavy atom. The van der Waals surface area contributed by atoms with Crippen LogP contribution in [0, 0.1) is 0 Å². The molecule has 0 aliphatic carbocycles. The lowest BCUT2D eigenvalue weighted by atomic mass is 10.0. The number of hydrogen-bond donors (Lipinski definition) is 0. The fraction of sp³-hybridized carbons (Fsp3) is 0.571. The molecule has 1 aromatic rings. The van der Waals surface area contributed by atoms with Crippen molar-refractivity contribution in [2.45, 2.75) is 46.0 Å². The molecule has 0 atom stereocenters. The van der Waals surface area contributed by atoms with Gasteiger partial charge in [-0.15, -0.1) is 0 Å². The van der Waals surface area contributed by atoms with E-state index in [2.05, 4.69) is 26.8 Å². The minimum atomic E-state index is 0.460. The highest BCUT2D eigenvalue weighted by atomic mass is 35.5. The molecular formula is C14H21ClO. The highest BCUT2D eigenvalue weighted by Gasteiger charge is 2.05. The summed E-state index contributed by atoms with van der Waals surface area (Å²) in [4.78, 5) is 0. The topological polar surface area (TPSA) is 9.23 Å². The van der Waals surface area contributed by atoms with Gasteiger partial charge in [-0.25, -0.2) is 0 Å². The van der Waals surface area contributed by atoms with Crippen LogP contribution in [0.25, 0.3) is 0 Å². The third-order valence-electron chi connectivity index (χ3n) is 2.61. The van der Waals surface area contributed by atoms with Gasteiger partial charge >= 0.3 is 0 Å². The molecule has 1 nitrogen and oxygen atoms in total. The van der Waals surface area contributed by atoms with Crippen molar-refractivity contribution in [3.8, 4) is 5.75 Å². The SMILES string of the molecule is CCCCCOc1ccc(C(C)C)c(Cl)c1. The molecule has 0 radical (unpaired) electrons. The lowest BCUT2D eigenvalue weighted by molar-refractivity contribution is 0.306. The maximum Gasteiger partial charge on any atom is 0.120 e. The summed E-state index contributed by atoms with van der Waals surface area (Å²) in [6.07, 6.45) is 3.55. The number of halogens is 1. The summed E-state index contributed by atoms with van der Waals surface area (Å²) < 4.78 is 5.64. The molecule has 0 saturated heterocycles. The summed E-state index contributed by atoms with van der Waals surface area (Å²) in [5.74, 6) is 1.34. The zero-order valence-corrected chi connectivity index (χ0v) is 11.2. The van der Waals surface area contributed by atoms with E-state index in [1.54, 1.807) is 0 Å². The number of hydrogen-bond acceptors (Lipinski definition) is 1. The molecule has 0 aliphatic rings. The van der Waals surface area contributed by atoms with E-state index in [1.807, 2.05) is 12.1 Å². The van der Waals surface area contributed by atoms with Crippen molar-refractivity contribution in [1.29, 1.82) is 0 Å². The lowest BCUT2D eigenvalue weighted by Crippen LogP contribution is -1.98. The van der Waals surface area contributed by atoms with Crippen LogP contribution in [0.5, 0.6) is 5.75 Å². The second kappa shape index (κ2) is 6.80. The first-order valence-electron chi connectivity index (χ1n) is 6.07. The highest BCUT2D eigenvalue weighted by molar-refractivity contribution is 6.31. The van der Waals surface area contributed by atoms with Gasteiger partial charge in [-0.1, -0.05) is 51.3 Å². The minimum Gasteiger partial charge on any atom is -0.494 e. The van der Waals surface area contributed by atoms with E-state index in [4.69, 9.17) is 16.3 Å². The number of benzene rings is 1. The van der Waals surface area contributed by atoms with Gasteiger partial charge in [0.1, 0.15) is 5.75 Å². The van der Waals surface area contributed by atoms with E-state index in [1.165, 1.54) is 18.4 Å². The fourth-order valence-corrected chi connectivity index (χ4v) is 2.00. The third kappa shape index (κ3) is 4.05. The molecule has 0 amide bonds. The summed E-state index contributed by atoms with van der Waals surface area (Å²) in [6.45, 7) is 7.26. The Kier molecular flexibility index (Phi) is 5.68. The maximum atomic E-state index is 6.18. The quantitative estimate of drug-likeness (QED) is 0.634. The average molecular weight is 241 g/mol. The molecule has 0 fully saturated rings. The van der Waals surface area contributed by atoms with Crippen molar-refractivity contribution in [2.75, 3.05) is 6.61 Å². The second-order valence-corrected chi connectivity index (χ2v) is 4.80. The predicted octanol–water partition coefficient (Wildman–Crippen LogP) is 5.03. The summed E-state index contributed by atoms with van der Waals surface area (Å²) in [5, 5.41) is 0.808. The molecule has 0 unspecified atom stereocenters. The standard InChI is InChI=1S/C14H21ClO/c1-4-5-6-9-16-12-7-8-13(11(2)3)14(15)10-12/h7-8,10-11H,4-6,9H2,1-3H3. The summed E-state index contributed by atoms with van der Waals surface area (Å²) in [5.41, 5.74) is 1.18. The molecule has 1 rings (SSSR count). The van der Waals surface area contributed by atoms with Gasteiger partial charge in [0.2, 0.25) is 0 Å². The number of unbranched alkanes of at least 4 members (excludes halogenated alkanes) is 2. The van der Waals surface area contributed by atoms with Crippen LogP contribution in [-0.2, 0) is 0 Å². The second-order valence-electron chi connectivity index (χ2n) is 4.39. The van der Waals surface area contributed by atoms with Crippen LogP contribution in [0.4, 0.5) is 0 Å². The highest BCUT2D eigenvalue weighted by Crippen LogP contribution is 2.28. The van der Waals surface area contributed by atoms with Crippen LogP contribution in [-0.4, -0.2) is 6.61 Å². The summed E-state index contributed by atoms with van der Waals surface area (Å²) in [6, 6.07) is 5.98. The van der Waals surface area contributed by atoms with Gasteiger partial charge in [-0.05, 0) is 30.0 Å². The zero-order valence-electron chi connectivity index (χ0n) is 10.4. The van der Waals surface area contributed by atoms with E-state index in [-0.39, 0.29) is 0 Å². The lowest BCUT2D eigenvalue weighted by Gasteiger charge is -2.11. The summed E-state index contributed by atoms with van der Waals surface area (Å²) in [7, 11) is 0. The predicted molar refractivity (Wildman–Crippen MR) is 70.6 cm³/mol. The van der Waals surface area contributed by atoms with E-state index in [9.17, 15) is 0 Å². The van der Waals surface area contributed by atoms with Crippen molar-refractivity contribution >= 4 is 11.6 Å². The maximum absolute atomic E-state index is 6.18. The van der Waals surface area contributed by atoms with Gasteiger partial charge in [0.05, 0.1) is 6.61 Å². The molecule has 2 heteroatoms. The van der Waals surface area contributed by atoms with E-state index < -0.39 is 0 Å². The van der Waals surface area contributed by atoms with E-state index >= 15 is 0 Å². The van der Waals surface area contributed by atoms with Gasteiger partial charge in [0.15, 0.2) is 0 Å². The molecule has 90 valence electrons. The molecule has 0 bridgehead atoms. The van der Waals surface area contributed by atoms with Crippen molar-refractivity contribution in [3.63, 3.8) is 0 Å². The third-order valence-corrected chi connectivity index (χ3v) is 2.94. The van der Waals surface area contributed by atoms with Crippen LogP contribution in [0.3, 0.4) is 0 Å². The Hall–Kier alpha value is -0.690.